The Hall–Kier alpha value is -0.395. The zero-order valence-electron chi connectivity index (χ0n) is 12.8. The maximum absolute atomic E-state index is 9.93. The molecule has 0 amide bonds. The lowest BCUT2D eigenvalue weighted by atomic mass is 9.83. The Bertz CT molecular complexity index is 267. The maximum Gasteiger partial charge on any atom is 0.483 e. The highest BCUT2D eigenvalue weighted by atomic mass is 16.7. The van der Waals surface area contributed by atoms with Gasteiger partial charge in [0.2, 0.25) is 0 Å². The fraction of sp³-hybridized carbons (Fsp3) is 0.846. The molecule has 0 aliphatic carbocycles. The molecular formula is C13H27BO5. The highest BCUT2D eigenvalue weighted by Crippen LogP contribution is 2.25. The number of hydrogen-bond donors (Lipinski definition) is 2. The van der Waals surface area contributed by atoms with Crippen molar-refractivity contribution in [1.82, 2.24) is 0 Å². The van der Waals surface area contributed by atoms with Crippen molar-refractivity contribution in [3.63, 3.8) is 0 Å². The molecule has 0 aromatic heterocycles. The van der Waals surface area contributed by atoms with Crippen molar-refractivity contribution in [2.24, 2.45) is 0 Å². The summed E-state index contributed by atoms with van der Waals surface area (Å²) >= 11 is 0. The molecule has 0 saturated heterocycles. The molecule has 0 radical (unpaired) electrons. The summed E-state index contributed by atoms with van der Waals surface area (Å²) in [5.74, 6) is 1.45. The third kappa shape index (κ3) is 7.08. The minimum atomic E-state index is -1.13. The predicted molar refractivity (Wildman–Crippen MR) is 75.6 cm³/mol. The maximum atomic E-state index is 9.93. The minimum Gasteiger partial charge on any atom is -0.423 e. The Balaban J connectivity index is 4.47. The van der Waals surface area contributed by atoms with E-state index in [-0.39, 0.29) is 0 Å². The summed E-state index contributed by atoms with van der Waals surface area (Å²) < 4.78 is 16.0. The molecule has 0 aromatic rings. The zero-order chi connectivity index (χ0) is 15.1. The molecule has 6 heteroatoms. The summed E-state index contributed by atoms with van der Waals surface area (Å²) in [6.07, 6.45) is 1.09. The van der Waals surface area contributed by atoms with Crippen LogP contribution in [0.3, 0.4) is 0 Å². The molecule has 5 nitrogen and oxygen atoms in total. The Morgan fingerprint density at radius 2 is 1.58 bits per heavy atom. The van der Waals surface area contributed by atoms with Crippen molar-refractivity contribution < 1.29 is 24.3 Å². The second-order valence-electron chi connectivity index (χ2n) is 5.24. The lowest BCUT2D eigenvalue weighted by Crippen LogP contribution is -2.50. The van der Waals surface area contributed by atoms with Crippen LogP contribution in [0.1, 0.15) is 41.5 Å². The summed E-state index contributed by atoms with van der Waals surface area (Å²) in [5, 5.41) is 19.7. The minimum absolute atomic E-state index is 0.501. The van der Waals surface area contributed by atoms with E-state index >= 15 is 0 Å². The fourth-order valence-electron chi connectivity index (χ4n) is 1.16. The molecule has 0 spiro atoms. The molecule has 2 N–H and O–H groups in total. The van der Waals surface area contributed by atoms with E-state index in [0.29, 0.717) is 13.2 Å². The van der Waals surface area contributed by atoms with E-state index in [1.165, 1.54) is 5.98 Å². The average Bonchev–Trinajstić information content (AvgIpc) is 2.24. The van der Waals surface area contributed by atoms with Gasteiger partial charge in [0.25, 0.3) is 0 Å². The van der Waals surface area contributed by atoms with Crippen molar-refractivity contribution in [1.29, 1.82) is 0 Å². The topological polar surface area (TPSA) is 68.2 Å². The lowest BCUT2D eigenvalue weighted by molar-refractivity contribution is -0.104. The van der Waals surface area contributed by atoms with Crippen LogP contribution in [0.4, 0.5) is 0 Å². The molecule has 0 unspecified atom stereocenters. The summed E-state index contributed by atoms with van der Waals surface area (Å²) in [4.78, 5) is 0. The highest BCUT2D eigenvalue weighted by Gasteiger charge is 2.38. The molecular weight excluding hydrogens is 247 g/mol. The van der Waals surface area contributed by atoms with Gasteiger partial charge in [0.05, 0.1) is 11.2 Å². The van der Waals surface area contributed by atoms with Gasteiger partial charge in [-0.05, 0) is 47.6 Å². The fourth-order valence-corrected chi connectivity index (χ4v) is 1.16. The lowest BCUT2D eigenvalue weighted by Gasteiger charge is -2.38. The first-order valence-electron chi connectivity index (χ1n) is 6.63. The normalized spacial score (nSPS) is 13.5. The summed E-state index contributed by atoms with van der Waals surface area (Å²) in [6.45, 7) is 11.5. The van der Waals surface area contributed by atoms with E-state index in [1.54, 1.807) is 33.8 Å². The molecule has 0 bridgehead atoms. The second-order valence-corrected chi connectivity index (χ2v) is 5.24. The van der Waals surface area contributed by atoms with Crippen LogP contribution in [-0.4, -0.2) is 48.0 Å². The number of rotatable bonds is 9. The number of hydrogen-bond acceptors (Lipinski definition) is 5. The third-order valence-electron chi connectivity index (χ3n) is 2.98. The van der Waals surface area contributed by atoms with Gasteiger partial charge in [-0.2, -0.15) is 0 Å². The number of ether oxygens (including phenoxy) is 2. The first-order chi connectivity index (χ1) is 8.64. The van der Waals surface area contributed by atoms with Crippen LogP contribution in [0, 0.1) is 0 Å². The van der Waals surface area contributed by atoms with Crippen molar-refractivity contribution in [3.8, 4) is 0 Å². The van der Waals surface area contributed by atoms with Crippen molar-refractivity contribution in [2.45, 2.75) is 59.0 Å². The summed E-state index contributed by atoms with van der Waals surface area (Å²) in [7, 11) is -1.13. The standard InChI is InChI=1S/C13H27BO5/c1-7-17-11(18-8-2)9-10-14(16)19-13(5,6)12(3,4)15/h9-11,15-16H,7-8H2,1-6H3. The van der Waals surface area contributed by atoms with Gasteiger partial charge >= 0.3 is 7.12 Å². The Kier molecular flexibility index (Phi) is 7.85. The quantitative estimate of drug-likeness (QED) is 0.493. The van der Waals surface area contributed by atoms with Gasteiger partial charge in [-0.25, -0.2) is 0 Å². The number of aliphatic hydroxyl groups is 1. The van der Waals surface area contributed by atoms with Gasteiger partial charge < -0.3 is 24.3 Å². The van der Waals surface area contributed by atoms with Crippen molar-refractivity contribution in [2.75, 3.05) is 13.2 Å². The Morgan fingerprint density at radius 1 is 1.11 bits per heavy atom. The first kappa shape index (κ1) is 18.6. The molecule has 112 valence electrons. The second kappa shape index (κ2) is 8.02. The van der Waals surface area contributed by atoms with Gasteiger partial charge in [-0.3, -0.25) is 0 Å². The average molecular weight is 274 g/mol. The molecule has 0 saturated carbocycles. The van der Waals surface area contributed by atoms with Crippen LogP contribution >= 0.6 is 0 Å². The van der Waals surface area contributed by atoms with Gasteiger partial charge in [0.15, 0.2) is 6.29 Å². The van der Waals surface area contributed by atoms with Crippen LogP contribution in [0.2, 0.25) is 0 Å². The molecule has 0 atom stereocenters. The van der Waals surface area contributed by atoms with Crippen molar-refractivity contribution in [3.05, 3.63) is 12.1 Å². The van der Waals surface area contributed by atoms with E-state index in [0.717, 1.165) is 0 Å². The zero-order valence-corrected chi connectivity index (χ0v) is 12.8. The molecule has 0 aromatic carbocycles. The predicted octanol–water partition coefficient (Wildman–Crippen LogP) is 1.53. The van der Waals surface area contributed by atoms with Crippen LogP contribution in [-0.2, 0) is 14.1 Å². The first-order valence-corrected chi connectivity index (χ1v) is 6.63. The van der Waals surface area contributed by atoms with E-state index in [2.05, 4.69) is 0 Å². The van der Waals surface area contributed by atoms with Gasteiger partial charge in [0.1, 0.15) is 0 Å². The molecule has 19 heavy (non-hydrogen) atoms. The molecule has 0 aliphatic rings. The molecule has 0 rings (SSSR count). The van der Waals surface area contributed by atoms with Crippen LogP contribution < -0.4 is 0 Å². The van der Waals surface area contributed by atoms with E-state index < -0.39 is 24.6 Å². The summed E-state index contributed by atoms with van der Waals surface area (Å²) in [6, 6.07) is 0. The molecule has 0 aliphatic heterocycles. The van der Waals surface area contributed by atoms with Crippen LogP contribution in [0.15, 0.2) is 12.1 Å². The van der Waals surface area contributed by atoms with E-state index in [4.69, 9.17) is 14.1 Å². The van der Waals surface area contributed by atoms with Crippen LogP contribution in [0.25, 0.3) is 0 Å². The monoisotopic (exact) mass is 274 g/mol. The summed E-state index contributed by atoms with van der Waals surface area (Å²) in [5.41, 5.74) is -1.95. The SMILES string of the molecule is CCOC(C=CB(O)OC(C)(C)C(C)(C)O)OCC. The van der Waals surface area contributed by atoms with Gasteiger partial charge in [-0.15, -0.1) is 0 Å². The third-order valence-corrected chi connectivity index (χ3v) is 2.98. The smallest absolute Gasteiger partial charge is 0.423 e. The highest BCUT2D eigenvalue weighted by molar-refractivity contribution is 6.49. The Morgan fingerprint density at radius 3 is 1.95 bits per heavy atom. The van der Waals surface area contributed by atoms with E-state index in [1.807, 2.05) is 13.8 Å². The van der Waals surface area contributed by atoms with Crippen molar-refractivity contribution >= 4 is 7.12 Å². The molecule has 0 fully saturated rings. The molecule has 0 heterocycles. The largest absolute Gasteiger partial charge is 0.483 e. The van der Waals surface area contributed by atoms with Crippen LogP contribution in [0.5, 0.6) is 0 Å². The van der Waals surface area contributed by atoms with E-state index in [9.17, 15) is 10.1 Å². The van der Waals surface area contributed by atoms with Gasteiger partial charge in [-0.1, -0.05) is 5.98 Å². The Labute approximate surface area is 116 Å². The van der Waals surface area contributed by atoms with Gasteiger partial charge in [0, 0.05) is 13.2 Å².